The first-order chi connectivity index (χ1) is 14.2. The number of rotatable bonds is 20. The first-order valence-electron chi connectivity index (χ1n) is 11.5. The first-order valence-corrected chi connectivity index (χ1v) is 11.5. The van der Waals surface area contributed by atoms with E-state index in [0.29, 0.717) is 12.8 Å². The zero-order valence-corrected chi connectivity index (χ0v) is 18.8. The number of hydrogen-bond donors (Lipinski definition) is 2. The Bertz CT molecular complexity index is 449. The molecule has 168 valence electrons. The largest absolute Gasteiger partial charge is 0.465 e. The molecule has 0 spiro atoms. The lowest BCUT2D eigenvalue weighted by Crippen LogP contribution is -2.42. The van der Waals surface area contributed by atoms with Gasteiger partial charge in [-0.2, -0.15) is 0 Å². The van der Waals surface area contributed by atoms with E-state index in [2.05, 4.69) is 36.5 Å². The standard InChI is InChI=1S/C24H44N2O3/c1-3-4-5-6-7-8-9-10-11-12-13-14-15-16-17-18-19-23(25-2)22-26(20-21-27)24(28)29/h7-8,10-11,21,23,25H,3-6,9,12-20,22H2,1-2H3,(H,28,29). The number of unbranched alkanes of at least 4 members (excludes halogenated alkanes) is 9. The molecule has 5 heteroatoms. The van der Waals surface area contributed by atoms with Gasteiger partial charge in [0.2, 0.25) is 0 Å². The van der Waals surface area contributed by atoms with Crippen molar-refractivity contribution in [2.75, 3.05) is 20.1 Å². The van der Waals surface area contributed by atoms with Crippen LogP contribution in [-0.2, 0) is 4.79 Å². The van der Waals surface area contributed by atoms with Gasteiger partial charge in [-0.05, 0) is 45.6 Å². The molecule has 0 saturated heterocycles. The van der Waals surface area contributed by atoms with Crippen LogP contribution in [0.4, 0.5) is 4.79 Å². The molecule has 0 aliphatic heterocycles. The van der Waals surface area contributed by atoms with E-state index in [9.17, 15) is 9.59 Å². The third-order valence-electron chi connectivity index (χ3n) is 5.17. The van der Waals surface area contributed by atoms with E-state index in [-0.39, 0.29) is 12.6 Å². The average molecular weight is 409 g/mol. The summed E-state index contributed by atoms with van der Waals surface area (Å²) in [6.45, 7) is 2.55. The van der Waals surface area contributed by atoms with Gasteiger partial charge in [0.25, 0.3) is 0 Å². The zero-order chi connectivity index (χ0) is 21.6. The second-order valence-electron chi connectivity index (χ2n) is 7.71. The number of aldehydes is 1. The van der Waals surface area contributed by atoms with Crippen molar-refractivity contribution in [1.29, 1.82) is 0 Å². The van der Waals surface area contributed by atoms with Crippen LogP contribution in [0.2, 0.25) is 0 Å². The SMILES string of the molecule is CCCCCC=CCC=CCCCCCCCCC(CN(CC=O)C(=O)O)NC. The lowest BCUT2D eigenvalue weighted by Gasteiger charge is -2.23. The molecule has 0 aliphatic rings. The maximum absolute atomic E-state index is 11.1. The molecule has 1 atom stereocenters. The highest BCUT2D eigenvalue weighted by molar-refractivity contribution is 5.69. The molecular weight excluding hydrogens is 364 g/mol. The molecule has 1 unspecified atom stereocenters. The fourth-order valence-corrected chi connectivity index (χ4v) is 3.29. The molecule has 0 saturated carbocycles. The lowest BCUT2D eigenvalue weighted by atomic mass is 10.0. The molecule has 2 N–H and O–H groups in total. The predicted molar refractivity (Wildman–Crippen MR) is 122 cm³/mol. The third kappa shape index (κ3) is 18.2. The number of carbonyl (C=O) groups excluding carboxylic acids is 1. The van der Waals surface area contributed by atoms with Crippen LogP contribution in [0, 0.1) is 0 Å². The number of likely N-dealkylation sites (N-methyl/N-ethyl adjacent to an activating group) is 1. The summed E-state index contributed by atoms with van der Waals surface area (Å²) in [6, 6.07) is 0.108. The fraction of sp³-hybridized carbons (Fsp3) is 0.750. The summed E-state index contributed by atoms with van der Waals surface area (Å²) in [4.78, 5) is 22.8. The van der Waals surface area contributed by atoms with E-state index in [1.165, 1.54) is 69.1 Å². The maximum atomic E-state index is 11.1. The van der Waals surface area contributed by atoms with Crippen molar-refractivity contribution in [3.63, 3.8) is 0 Å². The van der Waals surface area contributed by atoms with Crippen molar-refractivity contribution in [2.45, 2.75) is 96.4 Å². The topological polar surface area (TPSA) is 69.6 Å². The van der Waals surface area contributed by atoms with Gasteiger partial charge in [-0.15, -0.1) is 0 Å². The highest BCUT2D eigenvalue weighted by Gasteiger charge is 2.16. The summed E-state index contributed by atoms with van der Waals surface area (Å²) in [5.41, 5.74) is 0. The summed E-state index contributed by atoms with van der Waals surface area (Å²) >= 11 is 0. The lowest BCUT2D eigenvalue weighted by molar-refractivity contribution is -0.108. The van der Waals surface area contributed by atoms with E-state index in [1.54, 1.807) is 0 Å². The molecule has 29 heavy (non-hydrogen) atoms. The third-order valence-corrected chi connectivity index (χ3v) is 5.17. The predicted octanol–water partition coefficient (Wildman–Crippen LogP) is 5.96. The van der Waals surface area contributed by atoms with Crippen LogP contribution < -0.4 is 5.32 Å². The molecular formula is C24H44N2O3. The van der Waals surface area contributed by atoms with Crippen molar-refractivity contribution >= 4 is 12.4 Å². The molecule has 0 rings (SSSR count). The Morgan fingerprint density at radius 3 is 2.07 bits per heavy atom. The summed E-state index contributed by atoms with van der Waals surface area (Å²) in [5.74, 6) is 0. The van der Waals surface area contributed by atoms with Gasteiger partial charge in [-0.3, -0.25) is 4.90 Å². The molecule has 0 aromatic carbocycles. The minimum atomic E-state index is -1.03. The average Bonchev–Trinajstić information content (AvgIpc) is 2.71. The molecule has 5 nitrogen and oxygen atoms in total. The van der Waals surface area contributed by atoms with Crippen molar-refractivity contribution in [1.82, 2.24) is 10.2 Å². The van der Waals surface area contributed by atoms with Crippen molar-refractivity contribution in [3.8, 4) is 0 Å². The summed E-state index contributed by atoms with van der Waals surface area (Å²) in [6.07, 6.45) is 24.4. The Labute approximate surface area is 178 Å². The van der Waals surface area contributed by atoms with Gasteiger partial charge in [0, 0.05) is 12.6 Å². The van der Waals surface area contributed by atoms with Crippen LogP contribution >= 0.6 is 0 Å². The van der Waals surface area contributed by atoms with E-state index in [1.807, 2.05) is 7.05 Å². The van der Waals surface area contributed by atoms with Crippen molar-refractivity contribution in [3.05, 3.63) is 24.3 Å². The first kappa shape index (κ1) is 27.4. The molecule has 0 heterocycles. The van der Waals surface area contributed by atoms with E-state index in [4.69, 9.17) is 5.11 Å². The van der Waals surface area contributed by atoms with Crippen LogP contribution in [0.5, 0.6) is 0 Å². The van der Waals surface area contributed by atoms with Crippen LogP contribution in [0.1, 0.15) is 90.4 Å². The van der Waals surface area contributed by atoms with Gasteiger partial charge >= 0.3 is 6.09 Å². The highest BCUT2D eigenvalue weighted by atomic mass is 16.4. The highest BCUT2D eigenvalue weighted by Crippen LogP contribution is 2.11. The smallest absolute Gasteiger partial charge is 0.407 e. The van der Waals surface area contributed by atoms with Crippen molar-refractivity contribution < 1.29 is 14.7 Å². The van der Waals surface area contributed by atoms with Crippen LogP contribution in [0.3, 0.4) is 0 Å². The van der Waals surface area contributed by atoms with Gasteiger partial charge < -0.3 is 15.2 Å². The minimum Gasteiger partial charge on any atom is -0.465 e. The second kappa shape index (κ2) is 21.1. The minimum absolute atomic E-state index is 0.0583. The molecule has 0 aromatic rings. The van der Waals surface area contributed by atoms with Gasteiger partial charge in [0.1, 0.15) is 6.29 Å². The molecule has 0 aromatic heterocycles. The van der Waals surface area contributed by atoms with E-state index >= 15 is 0 Å². The maximum Gasteiger partial charge on any atom is 0.407 e. The van der Waals surface area contributed by atoms with E-state index in [0.717, 1.165) is 19.3 Å². The number of amides is 1. The Kier molecular flexibility index (Phi) is 19.9. The number of carboxylic acid groups (broad SMARTS) is 1. The normalized spacial score (nSPS) is 12.6. The van der Waals surface area contributed by atoms with Gasteiger partial charge in [-0.1, -0.05) is 76.2 Å². The fourth-order valence-electron chi connectivity index (χ4n) is 3.29. The number of carbonyl (C=O) groups is 2. The summed E-state index contributed by atoms with van der Waals surface area (Å²) < 4.78 is 0. The van der Waals surface area contributed by atoms with Crippen LogP contribution in [0.25, 0.3) is 0 Å². The molecule has 0 radical (unpaired) electrons. The number of allylic oxidation sites excluding steroid dienone is 4. The monoisotopic (exact) mass is 408 g/mol. The summed E-state index contributed by atoms with van der Waals surface area (Å²) in [7, 11) is 1.85. The zero-order valence-electron chi connectivity index (χ0n) is 18.8. The van der Waals surface area contributed by atoms with Crippen LogP contribution in [-0.4, -0.2) is 48.6 Å². The second-order valence-corrected chi connectivity index (χ2v) is 7.71. The van der Waals surface area contributed by atoms with Gasteiger partial charge in [0.15, 0.2) is 0 Å². The van der Waals surface area contributed by atoms with Gasteiger partial charge in [-0.25, -0.2) is 4.79 Å². The summed E-state index contributed by atoms with van der Waals surface area (Å²) in [5, 5.41) is 12.3. The van der Waals surface area contributed by atoms with Crippen LogP contribution in [0.15, 0.2) is 24.3 Å². The van der Waals surface area contributed by atoms with Gasteiger partial charge in [0.05, 0.1) is 6.54 Å². The Balaban J connectivity index is 3.58. The quantitative estimate of drug-likeness (QED) is 0.148. The Morgan fingerprint density at radius 2 is 1.52 bits per heavy atom. The molecule has 0 fully saturated rings. The number of nitrogens with zero attached hydrogens (tertiary/aromatic N) is 1. The number of nitrogens with one attached hydrogen (secondary N) is 1. The molecule has 0 bridgehead atoms. The van der Waals surface area contributed by atoms with Crippen molar-refractivity contribution in [2.24, 2.45) is 0 Å². The number of hydrogen-bond acceptors (Lipinski definition) is 3. The molecule has 0 aliphatic carbocycles. The molecule has 1 amide bonds. The Hall–Kier alpha value is -1.62. The Morgan fingerprint density at radius 1 is 0.931 bits per heavy atom. The van der Waals surface area contributed by atoms with E-state index < -0.39 is 6.09 Å².